The predicted octanol–water partition coefficient (Wildman–Crippen LogP) is 6.21. The number of carboxylic acids is 1. The first-order chi connectivity index (χ1) is 12.2. The highest BCUT2D eigenvalue weighted by Crippen LogP contribution is 2.30. The lowest BCUT2D eigenvalue weighted by Crippen LogP contribution is -2.07. The molecule has 0 aliphatic carbocycles. The van der Waals surface area contributed by atoms with Crippen LogP contribution in [0.3, 0.4) is 0 Å². The van der Waals surface area contributed by atoms with Crippen LogP contribution in [0.5, 0.6) is 0 Å². The van der Waals surface area contributed by atoms with Gasteiger partial charge in [0.2, 0.25) is 0 Å². The van der Waals surface area contributed by atoms with E-state index in [2.05, 4.69) is 0 Å². The van der Waals surface area contributed by atoms with Crippen LogP contribution in [0.2, 0.25) is 0 Å². The standard InChI is InChI=1S/C18H15NO2.2C2H6/c1-2-13-16(18(20)21)14-10-6-7-11-15(14)19-17(13)12-8-4-3-5-9-12;2*1-2/h3-11H,2H2,1H3,(H,20,21);2*1-2H3. The summed E-state index contributed by atoms with van der Waals surface area (Å²) < 4.78 is 0. The summed E-state index contributed by atoms with van der Waals surface area (Å²) in [7, 11) is 0. The molecule has 3 rings (SSSR count). The molecule has 2 aromatic carbocycles. The molecule has 0 saturated heterocycles. The molecule has 0 amide bonds. The second kappa shape index (κ2) is 10.2. The first-order valence-electron chi connectivity index (χ1n) is 8.92. The maximum Gasteiger partial charge on any atom is 0.336 e. The van der Waals surface area contributed by atoms with E-state index in [-0.39, 0.29) is 0 Å². The highest BCUT2D eigenvalue weighted by atomic mass is 16.4. The Morgan fingerprint density at radius 3 is 2.04 bits per heavy atom. The molecular weight excluding hydrogens is 310 g/mol. The van der Waals surface area contributed by atoms with E-state index in [0.29, 0.717) is 22.9 Å². The number of para-hydroxylation sites is 1. The molecule has 3 heteroatoms. The minimum absolute atomic E-state index is 0.363. The number of rotatable bonds is 3. The van der Waals surface area contributed by atoms with Crippen molar-refractivity contribution in [3.63, 3.8) is 0 Å². The summed E-state index contributed by atoms with van der Waals surface area (Å²) in [5.74, 6) is -0.900. The number of hydrogen-bond donors (Lipinski definition) is 1. The first kappa shape index (κ1) is 20.4. The molecule has 0 fully saturated rings. The normalized spacial score (nSPS) is 9.48. The van der Waals surface area contributed by atoms with E-state index in [1.54, 1.807) is 0 Å². The average Bonchev–Trinajstić information content (AvgIpc) is 2.70. The van der Waals surface area contributed by atoms with Crippen molar-refractivity contribution in [3.8, 4) is 11.3 Å². The van der Waals surface area contributed by atoms with Gasteiger partial charge in [-0.05, 0) is 18.1 Å². The number of aromatic nitrogens is 1. The van der Waals surface area contributed by atoms with Crippen molar-refractivity contribution in [1.82, 2.24) is 4.98 Å². The zero-order valence-corrected chi connectivity index (χ0v) is 15.7. The third kappa shape index (κ3) is 4.44. The van der Waals surface area contributed by atoms with Crippen LogP contribution in [0, 0.1) is 0 Å². The predicted molar refractivity (Wildman–Crippen MR) is 106 cm³/mol. The molecule has 0 aliphatic heterocycles. The molecular formula is C22H27NO2. The van der Waals surface area contributed by atoms with Gasteiger partial charge in [-0.1, -0.05) is 83.1 Å². The highest BCUT2D eigenvalue weighted by Gasteiger charge is 2.19. The van der Waals surface area contributed by atoms with Gasteiger partial charge in [0, 0.05) is 10.9 Å². The van der Waals surface area contributed by atoms with Gasteiger partial charge in [0.05, 0.1) is 16.8 Å². The van der Waals surface area contributed by atoms with Crippen LogP contribution in [0.25, 0.3) is 22.2 Å². The molecule has 0 spiro atoms. The van der Waals surface area contributed by atoms with Gasteiger partial charge in [0.1, 0.15) is 0 Å². The topological polar surface area (TPSA) is 50.2 Å². The van der Waals surface area contributed by atoms with E-state index in [0.717, 1.165) is 16.8 Å². The van der Waals surface area contributed by atoms with Crippen LogP contribution >= 0.6 is 0 Å². The van der Waals surface area contributed by atoms with Crippen molar-refractivity contribution in [2.24, 2.45) is 0 Å². The van der Waals surface area contributed by atoms with Crippen LogP contribution < -0.4 is 0 Å². The van der Waals surface area contributed by atoms with Crippen molar-refractivity contribution in [2.75, 3.05) is 0 Å². The summed E-state index contributed by atoms with van der Waals surface area (Å²) in [5.41, 5.74) is 3.57. The molecule has 3 nitrogen and oxygen atoms in total. The Morgan fingerprint density at radius 1 is 0.920 bits per heavy atom. The number of benzene rings is 2. The minimum atomic E-state index is -0.900. The van der Waals surface area contributed by atoms with Crippen LogP contribution in [-0.4, -0.2) is 16.1 Å². The number of carboxylic acid groups (broad SMARTS) is 1. The van der Waals surface area contributed by atoms with E-state index in [9.17, 15) is 9.90 Å². The van der Waals surface area contributed by atoms with Gasteiger partial charge in [-0.15, -0.1) is 0 Å². The number of nitrogens with zero attached hydrogens (tertiary/aromatic N) is 1. The molecule has 0 radical (unpaired) electrons. The Labute approximate surface area is 150 Å². The second-order valence-electron chi connectivity index (χ2n) is 4.86. The number of aromatic carboxylic acids is 1. The van der Waals surface area contributed by atoms with Gasteiger partial charge in [-0.25, -0.2) is 9.78 Å². The molecule has 25 heavy (non-hydrogen) atoms. The van der Waals surface area contributed by atoms with E-state index >= 15 is 0 Å². The molecule has 0 atom stereocenters. The van der Waals surface area contributed by atoms with Gasteiger partial charge in [-0.3, -0.25) is 0 Å². The second-order valence-corrected chi connectivity index (χ2v) is 4.86. The van der Waals surface area contributed by atoms with Crippen LogP contribution in [0.1, 0.15) is 50.5 Å². The summed E-state index contributed by atoms with van der Waals surface area (Å²) in [4.78, 5) is 16.4. The van der Waals surface area contributed by atoms with E-state index in [4.69, 9.17) is 4.98 Å². The van der Waals surface area contributed by atoms with Gasteiger partial charge in [-0.2, -0.15) is 0 Å². The van der Waals surface area contributed by atoms with Gasteiger partial charge < -0.3 is 5.11 Å². The number of hydrogen-bond acceptors (Lipinski definition) is 2. The molecule has 3 aromatic rings. The number of pyridine rings is 1. The molecule has 0 unspecified atom stereocenters. The molecule has 132 valence electrons. The van der Waals surface area contributed by atoms with Crippen molar-refractivity contribution >= 4 is 16.9 Å². The fourth-order valence-electron chi connectivity index (χ4n) is 2.67. The van der Waals surface area contributed by atoms with Gasteiger partial charge in [0.15, 0.2) is 0 Å². The van der Waals surface area contributed by atoms with E-state index < -0.39 is 5.97 Å². The highest BCUT2D eigenvalue weighted by molar-refractivity contribution is 6.05. The van der Waals surface area contributed by atoms with Crippen molar-refractivity contribution < 1.29 is 9.90 Å². The minimum Gasteiger partial charge on any atom is -0.478 e. The lowest BCUT2D eigenvalue weighted by Gasteiger charge is -2.13. The Hall–Kier alpha value is -2.68. The maximum atomic E-state index is 11.8. The monoisotopic (exact) mass is 337 g/mol. The maximum absolute atomic E-state index is 11.8. The number of fused-ring (bicyclic) bond motifs is 1. The Bertz CT molecular complexity index is 811. The van der Waals surface area contributed by atoms with E-state index in [1.807, 2.05) is 89.2 Å². The fraction of sp³-hybridized carbons (Fsp3) is 0.273. The fourth-order valence-corrected chi connectivity index (χ4v) is 2.67. The smallest absolute Gasteiger partial charge is 0.336 e. The van der Waals surface area contributed by atoms with Crippen molar-refractivity contribution in [3.05, 3.63) is 65.7 Å². The zero-order valence-electron chi connectivity index (χ0n) is 15.7. The molecule has 1 N–H and O–H groups in total. The molecule has 0 bridgehead atoms. The average molecular weight is 337 g/mol. The molecule has 0 aliphatic rings. The van der Waals surface area contributed by atoms with Crippen LogP contribution in [0.4, 0.5) is 0 Å². The molecule has 1 heterocycles. The molecule has 0 saturated carbocycles. The van der Waals surface area contributed by atoms with Gasteiger partial charge >= 0.3 is 5.97 Å². The van der Waals surface area contributed by atoms with Crippen LogP contribution in [-0.2, 0) is 6.42 Å². The molecule has 1 aromatic heterocycles. The summed E-state index contributed by atoms with van der Waals surface area (Å²) in [6, 6.07) is 17.1. The SMILES string of the molecule is CC.CC.CCc1c(-c2ccccc2)nc2ccccc2c1C(=O)O. The lowest BCUT2D eigenvalue weighted by atomic mass is 9.95. The Kier molecular flexibility index (Phi) is 8.34. The summed E-state index contributed by atoms with van der Waals surface area (Å²) in [5, 5.41) is 10.3. The third-order valence-corrected chi connectivity index (χ3v) is 3.61. The quantitative estimate of drug-likeness (QED) is 0.617. The summed E-state index contributed by atoms with van der Waals surface area (Å²) in [6.07, 6.45) is 0.629. The van der Waals surface area contributed by atoms with Crippen molar-refractivity contribution in [1.29, 1.82) is 0 Å². The van der Waals surface area contributed by atoms with Gasteiger partial charge in [0.25, 0.3) is 0 Å². The largest absolute Gasteiger partial charge is 0.478 e. The van der Waals surface area contributed by atoms with Crippen LogP contribution in [0.15, 0.2) is 54.6 Å². The summed E-state index contributed by atoms with van der Waals surface area (Å²) in [6.45, 7) is 9.96. The Morgan fingerprint density at radius 2 is 1.48 bits per heavy atom. The third-order valence-electron chi connectivity index (χ3n) is 3.61. The Balaban J connectivity index is 0.000000730. The summed E-state index contributed by atoms with van der Waals surface area (Å²) >= 11 is 0. The first-order valence-corrected chi connectivity index (χ1v) is 8.92. The lowest BCUT2D eigenvalue weighted by molar-refractivity contribution is 0.0698. The van der Waals surface area contributed by atoms with E-state index in [1.165, 1.54) is 0 Å². The van der Waals surface area contributed by atoms with Crippen molar-refractivity contribution in [2.45, 2.75) is 41.0 Å². The number of carbonyl (C=O) groups is 1. The zero-order chi connectivity index (χ0) is 18.8.